The van der Waals surface area contributed by atoms with Gasteiger partial charge in [-0.25, -0.2) is 14.5 Å². The van der Waals surface area contributed by atoms with Gasteiger partial charge in [-0.2, -0.15) is 5.10 Å². The maximum Gasteiger partial charge on any atom is 0.274 e. The van der Waals surface area contributed by atoms with Gasteiger partial charge in [-0.15, -0.1) is 0 Å². The number of imidazole rings is 1. The molecule has 1 atom stereocenters. The average Bonchev–Trinajstić information content (AvgIpc) is 3.24. The van der Waals surface area contributed by atoms with Gasteiger partial charge in [0.05, 0.1) is 0 Å². The molecule has 0 unspecified atom stereocenters. The second-order valence-corrected chi connectivity index (χ2v) is 6.53. The van der Waals surface area contributed by atoms with E-state index < -0.39 is 0 Å². The molecule has 0 aliphatic carbocycles. The molecule has 1 fully saturated rings. The SMILES string of the molecule is Cc1cc(C)n2nc(C(=O)N3CC[C@@H](c4ncc(C)[nH]4)C3)cc2n1. The third-order valence-corrected chi connectivity index (χ3v) is 4.54. The van der Waals surface area contributed by atoms with E-state index >= 15 is 0 Å². The molecule has 3 aromatic heterocycles. The number of nitrogens with one attached hydrogen (secondary N) is 1. The lowest BCUT2D eigenvalue weighted by Crippen LogP contribution is -2.29. The fourth-order valence-electron chi connectivity index (χ4n) is 3.36. The first kappa shape index (κ1) is 14.9. The van der Waals surface area contributed by atoms with Crippen LogP contribution in [0.1, 0.15) is 45.7 Å². The Hall–Kier alpha value is -2.70. The average molecular weight is 324 g/mol. The van der Waals surface area contributed by atoms with Crippen molar-refractivity contribution in [3.8, 4) is 0 Å². The lowest BCUT2D eigenvalue weighted by Gasteiger charge is -2.14. The number of aromatic nitrogens is 5. The van der Waals surface area contributed by atoms with Gasteiger partial charge in [-0.1, -0.05) is 0 Å². The van der Waals surface area contributed by atoms with Crippen LogP contribution in [0.3, 0.4) is 0 Å². The standard InChI is InChI=1S/C17H20N6O/c1-10-6-12(3)23-15(19-10)7-14(21-23)17(24)22-5-4-13(9-22)16-18-8-11(2)20-16/h6-8,13H,4-5,9H2,1-3H3,(H,18,20)/t13-/m1/s1. The van der Waals surface area contributed by atoms with E-state index in [-0.39, 0.29) is 11.8 Å². The second-order valence-electron chi connectivity index (χ2n) is 6.53. The van der Waals surface area contributed by atoms with E-state index in [2.05, 4.69) is 20.1 Å². The van der Waals surface area contributed by atoms with Crippen molar-refractivity contribution in [1.29, 1.82) is 0 Å². The highest BCUT2D eigenvalue weighted by molar-refractivity contribution is 5.93. The molecule has 7 heteroatoms. The van der Waals surface area contributed by atoms with Crippen LogP contribution in [-0.2, 0) is 0 Å². The maximum atomic E-state index is 12.8. The van der Waals surface area contributed by atoms with E-state index in [0.717, 1.165) is 35.9 Å². The number of hydrogen-bond donors (Lipinski definition) is 1. The number of fused-ring (bicyclic) bond motifs is 1. The molecule has 24 heavy (non-hydrogen) atoms. The molecule has 0 bridgehead atoms. The van der Waals surface area contributed by atoms with Crippen molar-refractivity contribution in [3.63, 3.8) is 0 Å². The molecule has 124 valence electrons. The zero-order chi connectivity index (χ0) is 16.8. The molecule has 3 aromatic rings. The summed E-state index contributed by atoms with van der Waals surface area (Å²) in [6.45, 7) is 7.29. The highest BCUT2D eigenvalue weighted by Crippen LogP contribution is 2.26. The number of hydrogen-bond acceptors (Lipinski definition) is 4. The normalized spacial score (nSPS) is 17.8. The predicted molar refractivity (Wildman–Crippen MR) is 89.0 cm³/mol. The number of carbonyl (C=O) groups excluding carboxylic acids is 1. The second kappa shape index (κ2) is 5.43. The summed E-state index contributed by atoms with van der Waals surface area (Å²) < 4.78 is 1.73. The quantitative estimate of drug-likeness (QED) is 0.782. The number of likely N-dealkylation sites (tertiary alicyclic amines) is 1. The first-order valence-electron chi connectivity index (χ1n) is 8.16. The van der Waals surface area contributed by atoms with E-state index in [0.29, 0.717) is 17.9 Å². The van der Waals surface area contributed by atoms with Gasteiger partial charge >= 0.3 is 0 Å². The van der Waals surface area contributed by atoms with Crippen molar-refractivity contribution in [3.05, 3.63) is 46.9 Å². The number of amides is 1. The van der Waals surface area contributed by atoms with Gasteiger partial charge in [-0.05, 0) is 33.3 Å². The zero-order valence-electron chi connectivity index (χ0n) is 14.1. The Balaban J connectivity index is 1.57. The number of aryl methyl sites for hydroxylation is 3. The number of H-pyrrole nitrogens is 1. The topological polar surface area (TPSA) is 79.2 Å². The van der Waals surface area contributed by atoms with E-state index in [1.807, 2.05) is 37.9 Å². The van der Waals surface area contributed by atoms with Crippen molar-refractivity contribution in [2.24, 2.45) is 0 Å². The third kappa shape index (κ3) is 2.46. The van der Waals surface area contributed by atoms with Crippen LogP contribution >= 0.6 is 0 Å². The van der Waals surface area contributed by atoms with Gasteiger partial charge in [0.2, 0.25) is 0 Å². The maximum absolute atomic E-state index is 12.8. The fraction of sp³-hybridized carbons (Fsp3) is 0.412. The minimum absolute atomic E-state index is 0.0386. The minimum Gasteiger partial charge on any atom is -0.346 e. The molecule has 1 amide bonds. The summed E-state index contributed by atoms with van der Waals surface area (Å²) in [5.74, 6) is 1.19. The Morgan fingerprint density at radius 3 is 2.88 bits per heavy atom. The summed E-state index contributed by atoms with van der Waals surface area (Å²) in [4.78, 5) is 26.8. The van der Waals surface area contributed by atoms with Gasteiger partial charge < -0.3 is 9.88 Å². The van der Waals surface area contributed by atoms with Crippen LogP contribution in [0.25, 0.3) is 5.65 Å². The van der Waals surface area contributed by atoms with E-state index in [1.165, 1.54) is 0 Å². The predicted octanol–water partition coefficient (Wildman–Crippen LogP) is 2.01. The van der Waals surface area contributed by atoms with Gasteiger partial charge in [0, 0.05) is 48.4 Å². The van der Waals surface area contributed by atoms with Gasteiger partial charge in [0.15, 0.2) is 11.3 Å². The number of nitrogens with zero attached hydrogens (tertiary/aromatic N) is 5. The molecular weight excluding hydrogens is 304 g/mol. The molecule has 4 rings (SSSR count). The van der Waals surface area contributed by atoms with Crippen molar-refractivity contribution < 1.29 is 4.79 Å². The number of carbonyl (C=O) groups is 1. The molecule has 0 saturated carbocycles. The molecule has 0 spiro atoms. The minimum atomic E-state index is -0.0386. The molecule has 1 saturated heterocycles. The Kier molecular flexibility index (Phi) is 3.37. The van der Waals surface area contributed by atoms with Gasteiger partial charge in [0.25, 0.3) is 5.91 Å². The first-order valence-corrected chi connectivity index (χ1v) is 8.16. The van der Waals surface area contributed by atoms with Gasteiger partial charge in [0.1, 0.15) is 5.82 Å². The molecule has 0 aromatic carbocycles. The molecular formula is C17H20N6O. The highest BCUT2D eigenvalue weighted by atomic mass is 16.2. The first-order chi connectivity index (χ1) is 11.5. The van der Waals surface area contributed by atoms with Gasteiger partial charge in [-0.3, -0.25) is 4.79 Å². The summed E-state index contributed by atoms with van der Waals surface area (Å²) in [5, 5.41) is 4.44. The molecule has 1 aliphatic rings. The van der Waals surface area contributed by atoms with Crippen LogP contribution in [-0.4, -0.2) is 48.5 Å². The summed E-state index contributed by atoms with van der Waals surface area (Å²) in [6.07, 6.45) is 2.75. The van der Waals surface area contributed by atoms with Crippen molar-refractivity contribution >= 4 is 11.6 Å². The summed E-state index contributed by atoms with van der Waals surface area (Å²) >= 11 is 0. The molecule has 1 aliphatic heterocycles. The van der Waals surface area contributed by atoms with Crippen LogP contribution in [0.4, 0.5) is 0 Å². The lowest BCUT2D eigenvalue weighted by atomic mass is 10.1. The molecule has 1 N–H and O–H groups in total. The summed E-state index contributed by atoms with van der Waals surface area (Å²) in [6, 6.07) is 3.73. The van der Waals surface area contributed by atoms with E-state index in [9.17, 15) is 4.79 Å². The number of rotatable bonds is 2. The highest BCUT2D eigenvalue weighted by Gasteiger charge is 2.30. The summed E-state index contributed by atoms with van der Waals surface area (Å²) in [7, 11) is 0. The smallest absolute Gasteiger partial charge is 0.274 e. The number of aromatic amines is 1. The molecule has 0 radical (unpaired) electrons. The van der Waals surface area contributed by atoms with E-state index in [1.54, 1.807) is 10.6 Å². The largest absolute Gasteiger partial charge is 0.346 e. The Labute approximate surface area is 139 Å². The van der Waals surface area contributed by atoms with Crippen LogP contribution in [0.15, 0.2) is 18.3 Å². The van der Waals surface area contributed by atoms with Crippen LogP contribution in [0.5, 0.6) is 0 Å². The van der Waals surface area contributed by atoms with Crippen LogP contribution in [0.2, 0.25) is 0 Å². The fourth-order valence-corrected chi connectivity index (χ4v) is 3.36. The van der Waals surface area contributed by atoms with E-state index in [4.69, 9.17) is 0 Å². The van der Waals surface area contributed by atoms with Crippen LogP contribution < -0.4 is 0 Å². The van der Waals surface area contributed by atoms with Crippen molar-refractivity contribution in [1.82, 2.24) is 29.5 Å². The molecule has 7 nitrogen and oxygen atoms in total. The Bertz CT molecular complexity index is 924. The van der Waals surface area contributed by atoms with Crippen molar-refractivity contribution in [2.45, 2.75) is 33.1 Å². The Morgan fingerprint density at radius 1 is 1.29 bits per heavy atom. The zero-order valence-corrected chi connectivity index (χ0v) is 14.1. The van der Waals surface area contributed by atoms with Crippen molar-refractivity contribution in [2.75, 3.05) is 13.1 Å². The lowest BCUT2D eigenvalue weighted by molar-refractivity contribution is 0.0784. The van der Waals surface area contributed by atoms with Crippen LogP contribution in [0, 0.1) is 20.8 Å². The Morgan fingerprint density at radius 2 is 2.12 bits per heavy atom. The third-order valence-electron chi connectivity index (χ3n) is 4.54. The monoisotopic (exact) mass is 324 g/mol. The molecule has 4 heterocycles. The summed E-state index contributed by atoms with van der Waals surface area (Å²) in [5.41, 5.74) is 4.11.